The smallest absolute Gasteiger partial charge is 0.289 e. The molecule has 0 saturated heterocycles. The summed E-state index contributed by atoms with van der Waals surface area (Å²) in [6.45, 7) is 0. The van der Waals surface area contributed by atoms with Crippen LogP contribution in [0.1, 0.15) is 21.5 Å². The zero-order valence-corrected chi connectivity index (χ0v) is 13.6. The first-order valence-electron chi connectivity index (χ1n) is 6.01. The Morgan fingerprint density at radius 1 is 0.955 bits per heavy atom. The molecule has 0 fully saturated rings. The molecule has 0 radical (unpaired) electrons. The van der Waals surface area contributed by atoms with Gasteiger partial charge in [0.15, 0.2) is 5.78 Å². The van der Waals surface area contributed by atoms with Crippen molar-refractivity contribution in [2.45, 2.75) is 6.18 Å². The molecule has 22 heavy (non-hydrogen) atoms. The van der Waals surface area contributed by atoms with Crippen LogP contribution in [0, 0.1) is 0 Å². The van der Waals surface area contributed by atoms with Crippen molar-refractivity contribution in [1.82, 2.24) is 0 Å². The molecule has 0 unspecified atom stereocenters. The average molecular weight is 392 g/mol. The summed E-state index contributed by atoms with van der Waals surface area (Å²) in [6.07, 6.45) is -1.58. The number of hydrogen-bond acceptors (Lipinski definition) is 1. The third-order valence-electron chi connectivity index (χ3n) is 2.79. The first kappa shape index (κ1) is 18.5. The van der Waals surface area contributed by atoms with E-state index in [1.165, 1.54) is 24.3 Å². The molecule has 0 saturated carbocycles. The van der Waals surface area contributed by atoms with Crippen LogP contribution >= 0.6 is 28.6 Å². The number of benzene rings is 2. The maximum absolute atomic E-state index is 12.4. The Bertz CT molecular complexity index is 661. The number of carbonyl (C=O) groups excluding carboxylic acids is 1. The molecule has 2 aromatic carbocycles. The Morgan fingerprint density at radius 2 is 1.50 bits per heavy atom. The SMILES string of the molecule is Br.O=C(/C=C/c1ccc(C(F)(F)F)cc1)c1ccc(Cl)cc1. The molecule has 0 bridgehead atoms. The van der Waals surface area contributed by atoms with Gasteiger partial charge in [0.25, 0.3) is 0 Å². The number of carbonyl (C=O) groups is 1. The fourth-order valence-electron chi connectivity index (χ4n) is 1.67. The number of hydrogen-bond donors (Lipinski definition) is 0. The first-order valence-corrected chi connectivity index (χ1v) is 6.39. The summed E-state index contributed by atoms with van der Waals surface area (Å²) in [5.74, 6) is -0.244. The molecular weight excluding hydrogens is 381 g/mol. The van der Waals surface area contributed by atoms with Gasteiger partial charge < -0.3 is 0 Å². The van der Waals surface area contributed by atoms with Gasteiger partial charge in [0.05, 0.1) is 5.56 Å². The molecule has 0 aliphatic carbocycles. The van der Waals surface area contributed by atoms with E-state index < -0.39 is 11.7 Å². The number of alkyl halides is 3. The van der Waals surface area contributed by atoms with E-state index in [1.807, 2.05) is 0 Å². The van der Waals surface area contributed by atoms with E-state index in [2.05, 4.69) is 0 Å². The Kier molecular flexibility index (Phi) is 6.38. The van der Waals surface area contributed by atoms with E-state index in [-0.39, 0.29) is 22.8 Å². The zero-order valence-electron chi connectivity index (χ0n) is 11.1. The lowest BCUT2D eigenvalue weighted by molar-refractivity contribution is -0.137. The second kappa shape index (κ2) is 7.61. The number of allylic oxidation sites excluding steroid dienone is 1. The van der Waals surface area contributed by atoms with Crippen LogP contribution in [0.2, 0.25) is 5.02 Å². The lowest BCUT2D eigenvalue weighted by Gasteiger charge is -2.05. The lowest BCUT2D eigenvalue weighted by atomic mass is 10.1. The van der Waals surface area contributed by atoms with Gasteiger partial charge in [0.2, 0.25) is 0 Å². The van der Waals surface area contributed by atoms with Crippen molar-refractivity contribution in [2.75, 3.05) is 0 Å². The van der Waals surface area contributed by atoms with Crippen LogP contribution < -0.4 is 0 Å². The minimum Gasteiger partial charge on any atom is -0.289 e. The predicted molar refractivity (Wildman–Crippen MR) is 86.6 cm³/mol. The Morgan fingerprint density at radius 3 is 2.00 bits per heavy atom. The van der Waals surface area contributed by atoms with Crippen molar-refractivity contribution in [2.24, 2.45) is 0 Å². The van der Waals surface area contributed by atoms with Gasteiger partial charge in [-0.25, -0.2) is 0 Å². The average Bonchev–Trinajstić information content (AvgIpc) is 2.45. The number of rotatable bonds is 3. The molecule has 0 aromatic heterocycles. The fourth-order valence-corrected chi connectivity index (χ4v) is 1.79. The van der Waals surface area contributed by atoms with Crippen LogP contribution in [0.4, 0.5) is 13.2 Å². The second-order valence-electron chi connectivity index (χ2n) is 4.32. The van der Waals surface area contributed by atoms with Crippen molar-refractivity contribution in [3.05, 3.63) is 76.3 Å². The van der Waals surface area contributed by atoms with Gasteiger partial charge in [-0.05, 0) is 48.0 Å². The van der Waals surface area contributed by atoms with E-state index in [9.17, 15) is 18.0 Å². The highest BCUT2D eigenvalue weighted by Crippen LogP contribution is 2.29. The quantitative estimate of drug-likeness (QED) is 0.475. The minimum atomic E-state index is -4.36. The van der Waals surface area contributed by atoms with E-state index in [4.69, 9.17) is 11.6 Å². The van der Waals surface area contributed by atoms with E-state index in [1.54, 1.807) is 24.3 Å². The highest BCUT2D eigenvalue weighted by Gasteiger charge is 2.29. The Hall–Kier alpha value is -1.59. The normalized spacial score (nSPS) is 11.3. The van der Waals surface area contributed by atoms with Gasteiger partial charge in [-0.2, -0.15) is 13.2 Å². The van der Waals surface area contributed by atoms with Crippen LogP contribution in [-0.2, 0) is 6.18 Å². The van der Waals surface area contributed by atoms with Crippen molar-refractivity contribution in [3.8, 4) is 0 Å². The zero-order chi connectivity index (χ0) is 15.5. The van der Waals surface area contributed by atoms with Crippen molar-refractivity contribution < 1.29 is 18.0 Å². The van der Waals surface area contributed by atoms with Gasteiger partial charge >= 0.3 is 6.18 Å². The molecule has 0 atom stereocenters. The minimum absolute atomic E-state index is 0. The van der Waals surface area contributed by atoms with Crippen LogP contribution in [0.15, 0.2) is 54.6 Å². The van der Waals surface area contributed by atoms with Crippen LogP contribution in [0.3, 0.4) is 0 Å². The fraction of sp³-hybridized carbons (Fsp3) is 0.0625. The lowest BCUT2D eigenvalue weighted by Crippen LogP contribution is -2.04. The molecule has 0 aliphatic rings. The van der Waals surface area contributed by atoms with E-state index in [0.717, 1.165) is 12.1 Å². The third-order valence-corrected chi connectivity index (χ3v) is 3.05. The maximum Gasteiger partial charge on any atom is 0.416 e. The topological polar surface area (TPSA) is 17.1 Å². The van der Waals surface area contributed by atoms with Crippen LogP contribution in [0.5, 0.6) is 0 Å². The summed E-state index contributed by atoms with van der Waals surface area (Å²) in [4.78, 5) is 11.8. The number of halogens is 5. The molecule has 1 nitrogen and oxygen atoms in total. The second-order valence-corrected chi connectivity index (χ2v) is 4.76. The molecule has 6 heteroatoms. The highest BCUT2D eigenvalue weighted by molar-refractivity contribution is 8.93. The molecule has 0 heterocycles. The van der Waals surface area contributed by atoms with E-state index >= 15 is 0 Å². The third kappa shape index (κ3) is 5.00. The van der Waals surface area contributed by atoms with Gasteiger partial charge in [0.1, 0.15) is 0 Å². The summed E-state index contributed by atoms with van der Waals surface area (Å²) < 4.78 is 37.2. The molecule has 0 spiro atoms. The Labute approximate surface area is 141 Å². The van der Waals surface area contributed by atoms with Crippen molar-refractivity contribution >= 4 is 40.4 Å². The summed E-state index contributed by atoms with van der Waals surface area (Å²) in [5.41, 5.74) is 0.261. The van der Waals surface area contributed by atoms with Crippen molar-refractivity contribution in [3.63, 3.8) is 0 Å². The standard InChI is InChI=1S/C16H10ClF3O.BrH/c17-14-8-4-12(5-9-14)15(21)10-3-11-1-6-13(7-2-11)16(18,19)20;/h1-10H;1H/b10-3+;. The molecule has 0 N–H and O–H groups in total. The molecule has 0 amide bonds. The largest absolute Gasteiger partial charge is 0.416 e. The molecular formula is C16H11BrClF3O. The molecule has 0 aliphatic heterocycles. The highest BCUT2D eigenvalue weighted by atomic mass is 79.9. The Balaban J connectivity index is 0.00000242. The van der Waals surface area contributed by atoms with Crippen LogP contribution in [0.25, 0.3) is 6.08 Å². The molecule has 2 rings (SSSR count). The summed E-state index contributed by atoms with van der Waals surface area (Å²) in [6, 6.07) is 11.0. The van der Waals surface area contributed by atoms with Gasteiger partial charge in [-0.1, -0.05) is 29.8 Å². The molecule has 2 aromatic rings. The summed E-state index contributed by atoms with van der Waals surface area (Å²) in [7, 11) is 0. The van der Waals surface area contributed by atoms with Gasteiger partial charge in [0, 0.05) is 10.6 Å². The summed E-state index contributed by atoms with van der Waals surface area (Å²) >= 11 is 5.72. The molecule has 116 valence electrons. The van der Waals surface area contributed by atoms with Gasteiger partial charge in [-0.3, -0.25) is 4.79 Å². The number of ketones is 1. The first-order chi connectivity index (χ1) is 9.86. The summed E-state index contributed by atoms with van der Waals surface area (Å²) in [5, 5.41) is 0.526. The van der Waals surface area contributed by atoms with Crippen LogP contribution in [-0.4, -0.2) is 5.78 Å². The predicted octanol–water partition coefficient (Wildman–Crippen LogP) is 5.83. The maximum atomic E-state index is 12.4. The van der Waals surface area contributed by atoms with Gasteiger partial charge in [-0.15, -0.1) is 17.0 Å². The monoisotopic (exact) mass is 390 g/mol. The van der Waals surface area contributed by atoms with E-state index in [0.29, 0.717) is 16.1 Å². The van der Waals surface area contributed by atoms with Crippen molar-refractivity contribution in [1.29, 1.82) is 0 Å².